The number of benzene rings is 2. The van der Waals surface area contributed by atoms with Gasteiger partial charge in [-0.25, -0.2) is 4.79 Å². The van der Waals surface area contributed by atoms with Gasteiger partial charge in [0.2, 0.25) is 5.60 Å². The van der Waals surface area contributed by atoms with Crippen LogP contribution in [0.15, 0.2) is 48.5 Å². The maximum absolute atomic E-state index is 12.4. The van der Waals surface area contributed by atoms with Gasteiger partial charge in [0.15, 0.2) is 0 Å². The summed E-state index contributed by atoms with van der Waals surface area (Å²) in [5, 5.41) is 0. The molecule has 0 spiro atoms. The fraction of sp³-hybridized carbons (Fsp3) is 0.278. The third kappa shape index (κ3) is 2.53. The molecule has 5 heteroatoms. The van der Waals surface area contributed by atoms with Gasteiger partial charge in [-0.2, -0.15) is 0 Å². The fourth-order valence-electron chi connectivity index (χ4n) is 2.72. The minimum absolute atomic E-state index is 0.380. The molecule has 0 aliphatic carbocycles. The van der Waals surface area contributed by atoms with Gasteiger partial charge in [0, 0.05) is 0 Å². The van der Waals surface area contributed by atoms with Gasteiger partial charge in [-0.1, -0.05) is 24.3 Å². The number of carbonyl (C=O) groups is 1. The molecule has 2 aromatic rings. The summed E-state index contributed by atoms with van der Waals surface area (Å²) in [7, 11) is 4.57. The predicted molar refractivity (Wildman–Crippen MR) is 83.5 cm³/mol. The number of esters is 1. The second-order valence-electron chi connectivity index (χ2n) is 5.23. The van der Waals surface area contributed by atoms with E-state index in [1.54, 1.807) is 26.4 Å². The fourth-order valence-corrected chi connectivity index (χ4v) is 2.72. The normalized spacial score (nSPS) is 22.3. The summed E-state index contributed by atoms with van der Waals surface area (Å²) < 4.78 is 21.1. The average molecular weight is 314 g/mol. The van der Waals surface area contributed by atoms with E-state index in [1.807, 2.05) is 36.4 Å². The summed E-state index contributed by atoms with van der Waals surface area (Å²) in [4.78, 5) is 12.4. The minimum Gasteiger partial charge on any atom is -0.497 e. The number of carbonyl (C=O) groups excluding carboxylic acids is 1. The lowest BCUT2D eigenvalue weighted by atomic mass is 9.91. The summed E-state index contributed by atoms with van der Waals surface area (Å²) in [5.74, 6) is 1.06. The van der Waals surface area contributed by atoms with E-state index in [0.717, 1.165) is 22.6 Å². The Balaban J connectivity index is 1.94. The van der Waals surface area contributed by atoms with Crippen LogP contribution in [0.1, 0.15) is 17.2 Å². The molecule has 0 aromatic heterocycles. The van der Waals surface area contributed by atoms with Crippen molar-refractivity contribution in [1.82, 2.24) is 0 Å². The monoisotopic (exact) mass is 314 g/mol. The van der Waals surface area contributed by atoms with Crippen LogP contribution in [0.25, 0.3) is 0 Å². The molecule has 23 heavy (non-hydrogen) atoms. The third-order valence-corrected chi connectivity index (χ3v) is 4.04. The van der Waals surface area contributed by atoms with E-state index in [2.05, 4.69) is 0 Å². The third-order valence-electron chi connectivity index (χ3n) is 4.04. The zero-order valence-corrected chi connectivity index (χ0v) is 13.2. The quantitative estimate of drug-likeness (QED) is 0.627. The first kappa shape index (κ1) is 15.4. The Hall–Kier alpha value is -2.53. The van der Waals surface area contributed by atoms with Gasteiger partial charge >= 0.3 is 5.97 Å². The topological polar surface area (TPSA) is 57.3 Å². The molecule has 1 saturated heterocycles. The summed E-state index contributed by atoms with van der Waals surface area (Å²) >= 11 is 0. The highest BCUT2D eigenvalue weighted by Gasteiger charge is 2.65. The lowest BCUT2D eigenvalue weighted by molar-refractivity contribution is -0.147. The summed E-state index contributed by atoms with van der Waals surface area (Å²) in [6.07, 6.45) is -0.380. The molecule has 120 valence electrons. The van der Waals surface area contributed by atoms with Gasteiger partial charge in [-0.3, -0.25) is 0 Å². The molecule has 0 saturated carbocycles. The summed E-state index contributed by atoms with van der Waals surface area (Å²) in [6, 6.07) is 14.7. The van der Waals surface area contributed by atoms with Crippen LogP contribution in [0.2, 0.25) is 0 Å². The Morgan fingerprint density at radius 2 is 1.43 bits per heavy atom. The predicted octanol–water partition coefficient (Wildman–Crippen LogP) is 2.84. The Morgan fingerprint density at radius 1 is 0.913 bits per heavy atom. The molecule has 1 aliphatic heterocycles. The van der Waals surface area contributed by atoms with Crippen LogP contribution in [0, 0.1) is 0 Å². The van der Waals surface area contributed by atoms with Crippen molar-refractivity contribution in [1.29, 1.82) is 0 Å². The van der Waals surface area contributed by atoms with Crippen molar-refractivity contribution in [3.05, 3.63) is 59.7 Å². The Labute approximate surface area is 134 Å². The van der Waals surface area contributed by atoms with Crippen LogP contribution >= 0.6 is 0 Å². The Kier molecular flexibility index (Phi) is 3.96. The van der Waals surface area contributed by atoms with Gasteiger partial charge < -0.3 is 18.9 Å². The van der Waals surface area contributed by atoms with Gasteiger partial charge in [0.05, 0.1) is 21.3 Å². The second-order valence-corrected chi connectivity index (χ2v) is 5.23. The highest BCUT2D eigenvalue weighted by Crippen LogP contribution is 2.58. The molecule has 0 amide bonds. The van der Waals surface area contributed by atoms with Crippen LogP contribution in [0.4, 0.5) is 0 Å². The maximum Gasteiger partial charge on any atom is 0.346 e. The number of hydrogen-bond donors (Lipinski definition) is 0. The highest BCUT2D eigenvalue weighted by atomic mass is 16.7. The number of rotatable bonds is 5. The van der Waals surface area contributed by atoms with Gasteiger partial charge in [-0.15, -0.1) is 0 Å². The number of methoxy groups -OCH3 is 3. The Bertz CT molecular complexity index is 692. The smallest absolute Gasteiger partial charge is 0.346 e. The first-order valence-corrected chi connectivity index (χ1v) is 7.20. The second kappa shape index (κ2) is 5.93. The van der Waals surface area contributed by atoms with Crippen LogP contribution in [-0.4, -0.2) is 27.3 Å². The lowest BCUT2D eigenvalue weighted by Gasteiger charge is -2.12. The van der Waals surface area contributed by atoms with E-state index in [4.69, 9.17) is 18.9 Å². The lowest BCUT2D eigenvalue weighted by Crippen LogP contribution is -2.24. The molecule has 0 unspecified atom stereocenters. The van der Waals surface area contributed by atoms with Gasteiger partial charge in [0.25, 0.3) is 0 Å². The van der Waals surface area contributed by atoms with E-state index in [0.29, 0.717) is 0 Å². The highest BCUT2D eigenvalue weighted by molar-refractivity contribution is 5.85. The van der Waals surface area contributed by atoms with Crippen LogP contribution in [-0.2, 0) is 19.9 Å². The summed E-state index contributed by atoms with van der Waals surface area (Å²) in [6.45, 7) is 0. The van der Waals surface area contributed by atoms with Crippen molar-refractivity contribution in [2.24, 2.45) is 0 Å². The van der Waals surface area contributed by atoms with E-state index in [9.17, 15) is 4.79 Å². The van der Waals surface area contributed by atoms with Crippen molar-refractivity contribution in [2.75, 3.05) is 21.3 Å². The van der Waals surface area contributed by atoms with Crippen molar-refractivity contribution in [3.8, 4) is 11.5 Å². The Morgan fingerprint density at radius 3 is 1.91 bits per heavy atom. The standard InChI is InChI=1S/C18H18O5/c1-20-14-8-4-12(5-9-14)16-18(23-16,17(19)22-3)13-6-10-15(21-2)11-7-13/h4-11,16H,1-3H3/t16-,18-/m0/s1. The van der Waals surface area contributed by atoms with Crippen molar-refractivity contribution < 1.29 is 23.7 Å². The van der Waals surface area contributed by atoms with Crippen molar-refractivity contribution >= 4 is 5.97 Å². The molecule has 1 aliphatic rings. The molecule has 2 atom stereocenters. The van der Waals surface area contributed by atoms with E-state index in [-0.39, 0.29) is 6.10 Å². The molecular formula is C18H18O5. The van der Waals surface area contributed by atoms with E-state index < -0.39 is 11.6 Å². The molecule has 0 radical (unpaired) electrons. The SMILES string of the molecule is COC(=O)[C@@]1(c2ccc(OC)cc2)O[C@H]1c1ccc(OC)cc1. The molecule has 1 heterocycles. The van der Waals surface area contributed by atoms with Crippen LogP contribution in [0.5, 0.6) is 11.5 Å². The van der Waals surface area contributed by atoms with Crippen molar-refractivity contribution in [3.63, 3.8) is 0 Å². The molecule has 0 bridgehead atoms. The molecule has 2 aromatic carbocycles. The number of epoxide rings is 1. The number of ether oxygens (including phenoxy) is 4. The van der Waals surface area contributed by atoms with Crippen LogP contribution < -0.4 is 9.47 Å². The first-order chi connectivity index (χ1) is 11.2. The molecule has 3 rings (SSSR count). The van der Waals surface area contributed by atoms with E-state index >= 15 is 0 Å². The molecule has 0 N–H and O–H groups in total. The first-order valence-electron chi connectivity index (χ1n) is 7.20. The van der Waals surface area contributed by atoms with Crippen LogP contribution in [0.3, 0.4) is 0 Å². The minimum atomic E-state index is -1.10. The molecule has 1 fully saturated rings. The zero-order chi connectivity index (χ0) is 16.4. The molecule has 5 nitrogen and oxygen atoms in total. The van der Waals surface area contributed by atoms with Gasteiger partial charge in [-0.05, 0) is 35.4 Å². The zero-order valence-electron chi connectivity index (χ0n) is 13.2. The largest absolute Gasteiger partial charge is 0.497 e. The van der Waals surface area contributed by atoms with E-state index in [1.165, 1.54) is 7.11 Å². The molecular weight excluding hydrogens is 296 g/mol. The average Bonchev–Trinajstić information content (AvgIpc) is 3.38. The van der Waals surface area contributed by atoms with Crippen molar-refractivity contribution in [2.45, 2.75) is 11.7 Å². The summed E-state index contributed by atoms with van der Waals surface area (Å²) in [5.41, 5.74) is 0.535. The maximum atomic E-state index is 12.4. The number of hydrogen-bond acceptors (Lipinski definition) is 5. The van der Waals surface area contributed by atoms with Gasteiger partial charge in [0.1, 0.15) is 17.6 Å².